The summed E-state index contributed by atoms with van der Waals surface area (Å²) in [7, 11) is 0. The maximum absolute atomic E-state index is 13.3. The van der Waals surface area contributed by atoms with Crippen LogP contribution in [0, 0.1) is 12.7 Å². The smallest absolute Gasteiger partial charge is 0.265 e. The molecule has 0 aliphatic carbocycles. The highest BCUT2D eigenvalue weighted by Gasteiger charge is 2.29. The van der Waals surface area contributed by atoms with Crippen LogP contribution < -0.4 is 10.9 Å². The lowest BCUT2D eigenvalue weighted by Crippen LogP contribution is -2.27. The van der Waals surface area contributed by atoms with Gasteiger partial charge in [-0.3, -0.25) is 14.2 Å². The number of anilines is 1. The highest BCUT2D eigenvalue weighted by atomic mass is 32.2. The summed E-state index contributed by atoms with van der Waals surface area (Å²) in [6.07, 6.45) is 1.64. The zero-order chi connectivity index (χ0) is 21.5. The van der Waals surface area contributed by atoms with Gasteiger partial charge in [-0.05, 0) is 42.8 Å². The lowest BCUT2D eigenvalue weighted by atomic mass is 10.1. The first-order valence-electron chi connectivity index (χ1n) is 9.76. The van der Waals surface area contributed by atoms with Crippen LogP contribution in [0.5, 0.6) is 0 Å². The van der Waals surface area contributed by atoms with Crippen molar-refractivity contribution in [2.45, 2.75) is 24.5 Å². The molecule has 0 saturated heterocycles. The average molecular weight is 435 g/mol. The van der Waals surface area contributed by atoms with Crippen LogP contribution in [-0.4, -0.2) is 31.0 Å². The van der Waals surface area contributed by atoms with Gasteiger partial charge in [-0.2, -0.15) is 5.10 Å². The minimum atomic E-state index is -0.350. The molecule has 7 nitrogen and oxygen atoms in total. The molecule has 2 aromatic carbocycles. The van der Waals surface area contributed by atoms with Crippen molar-refractivity contribution in [1.29, 1.82) is 0 Å². The predicted octanol–water partition coefficient (Wildman–Crippen LogP) is 3.71. The molecule has 3 heterocycles. The van der Waals surface area contributed by atoms with Gasteiger partial charge in [0.05, 0.1) is 17.9 Å². The summed E-state index contributed by atoms with van der Waals surface area (Å²) >= 11 is 1.44. The van der Waals surface area contributed by atoms with E-state index in [1.54, 1.807) is 16.7 Å². The molecule has 0 radical (unpaired) electrons. The van der Waals surface area contributed by atoms with E-state index in [-0.39, 0.29) is 29.7 Å². The number of halogens is 1. The van der Waals surface area contributed by atoms with Crippen LogP contribution >= 0.6 is 11.8 Å². The van der Waals surface area contributed by atoms with E-state index in [0.717, 1.165) is 11.3 Å². The number of aromatic nitrogens is 4. The van der Waals surface area contributed by atoms with E-state index in [2.05, 4.69) is 15.4 Å². The highest BCUT2D eigenvalue weighted by molar-refractivity contribution is 7.99. The number of rotatable bonds is 4. The van der Waals surface area contributed by atoms with Crippen LogP contribution in [0.4, 0.5) is 10.1 Å². The molecule has 1 aliphatic rings. The van der Waals surface area contributed by atoms with Crippen molar-refractivity contribution in [3.63, 3.8) is 0 Å². The van der Waals surface area contributed by atoms with Gasteiger partial charge >= 0.3 is 0 Å². The Morgan fingerprint density at radius 2 is 2.00 bits per heavy atom. The van der Waals surface area contributed by atoms with Crippen molar-refractivity contribution in [2.75, 3.05) is 11.1 Å². The molecule has 1 atom stereocenters. The van der Waals surface area contributed by atoms with Crippen molar-refractivity contribution in [2.24, 2.45) is 0 Å². The Morgan fingerprint density at radius 3 is 2.77 bits per heavy atom. The van der Waals surface area contributed by atoms with E-state index in [4.69, 9.17) is 0 Å². The van der Waals surface area contributed by atoms with Gasteiger partial charge in [-0.1, -0.05) is 30.0 Å². The second-order valence-corrected chi connectivity index (χ2v) is 8.36. The van der Waals surface area contributed by atoms with E-state index in [0.29, 0.717) is 27.6 Å². The van der Waals surface area contributed by atoms with Crippen LogP contribution in [-0.2, 0) is 4.79 Å². The summed E-state index contributed by atoms with van der Waals surface area (Å²) < 4.78 is 16.4. The molecule has 1 amide bonds. The standard InChI is InChI=1S/C22H18FN5O2S/c1-13-4-2-3-5-18(13)25-19(29)10-16-12-31-22-26-20-17(21(30)27(16)22)11-24-28(20)15-8-6-14(23)7-9-15/h2-9,11,16H,10,12H2,1H3,(H,25,29). The highest BCUT2D eigenvalue weighted by Crippen LogP contribution is 2.33. The Hall–Kier alpha value is -3.46. The molecule has 0 fully saturated rings. The molecule has 156 valence electrons. The molecule has 2 aromatic heterocycles. The Morgan fingerprint density at radius 1 is 1.23 bits per heavy atom. The number of aryl methyl sites for hydroxylation is 1. The van der Waals surface area contributed by atoms with Crippen LogP contribution in [0.1, 0.15) is 18.0 Å². The fourth-order valence-electron chi connectivity index (χ4n) is 3.68. The third kappa shape index (κ3) is 3.50. The van der Waals surface area contributed by atoms with Crippen LogP contribution in [0.25, 0.3) is 16.7 Å². The van der Waals surface area contributed by atoms with Gasteiger partial charge in [0, 0.05) is 17.9 Å². The molecule has 0 saturated carbocycles. The monoisotopic (exact) mass is 435 g/mol. The second-order valence-electron chi connectivity index (χ2n) is 7.37. The molecule has 1 unspecified atom stereocenters. The minimum Gasteiger partial charge on any atom is -0.326 e. The van der Waals surface area contributed by atoms with Crippen LogP contribution in [0.15, 0.2) is 64.7 Å². The number of thioether (sulfide) groups is 1. The lowest BCUT2D eigenvalue weighted by molar-refractivity contribution is -0.116. The molecule has 5 rings (SSSR count). The number of carbonyl (C=O) groups excluding carboxylic acids is 1. The van der Waals surface area contributed by atoms with Crippen molar-refractivity contribution < 1.29 is 9.18 Å². The fourth-order valence-corrected chi connectivity index (χ4v) is 4.81. The molecular weight excluding hydrogens is 417 g/mol. The molecule has 9 heteroatoms. The van der Waals surface area contributed by atoms with E-state index in [1.165, 1.54) is 34.8 Å². The first kappa shape index (κ1) is 19.5. The summed E-state index contributed by atoms with van der Waals surface area (Å²) in [6, 6.07) is 13.1. The molecular formula is C22H18FN5O2S. The Balaban J connectivity index is 1.45. The van der Waals surface area contributed by atoms with E-state index in [1.807, 2.05) is 31.2 Å². The molecule has 0 bridgehead atoms. The Labute approximate surface area is 180 Å². The van der Waals surface area contributed by atoms with Gasteiger partial charge in [-0.25, -0.2) is 14.1 Å². The molecule has 31 heavy (non-hydrogen) atoms. The molecule has 1 N–H and O–H groups in total. The van der Waals surface area contributed by atoms with Gasteiger partial charge in [-0.15, -0.1) is 0 Å². The zero-order valence-electron chi connectivity index (χ0n) is 16.6. The number of amides is 1. The van der Waals surface area contributed by atoms with Crippen molar-refractivity contribution >= 4 is 34.4 Å². The van der Waals surface area contributed by atoms with Crippen molar-refractivity contribution in [1.82, 2.24) is 19.3 Å². The number of hydrogen-bond acceptors (Lipinski definition) is 5. The van der Waals surface area contributed by atoms with Gasteiger partial charge in [0.2, 0.25) is 5.91 Å². The number of carbonyl (C=O) groups is 1. The quantitative estimate of drug-likeness (QED) is 0.494. The third-order valence-corrected chi connectivity index (χ3v) is 6.38. The normalized spacial score (nSPS) is 15.2. The second kappa shape index (κ2) is 7.66. The number of para-hydroxylation sites is 1. The number of fused-ring (bicyclic) bond motifs is 2. The summed E-state index contributed by atoms with van der Waals surface area (Å²) in [5.41, 5.74) is 2.54. The average Bonchev–Trinajstić information content (AvgIpc) is 3.35. The first-order valence-corrected chi connectivity index (χ1v) is 10.7. The van der Waals surface area contributed by atoms with Gasteiger partial charge in [0.1, 0.15) is 11.2 Å². The summed E-state index contributed by atoms with van der Waals surface area (Å²) in [4.78, 5) is 30.4. The van der Waals surface area contributed by atoms with E-state index >= 15 is 0 Å². The van der Waals surface area contributed by atoms with Crippen molar-refractivity contribution in [3.05, 3.63) is 76.5 Å². The number of hydrogen-bond donors (Lipinski definition) is 1. The molecule has 0 spiro atoms. The number of nitrogens with one attached hydrogen (secondary N) is 1. The van der Waals surface area contributed by atoms with E-state index < -0.39 is 0 Å². The van der Waals surface area contributed by atoms with Crippen molar-refractivity contribution in [3.8, 4) is 5.69 Å². The number of benzene rings is 2. The first-order chi connectivity index (χ1) is 15.0. The topological polar surface area (TPSA) is 81.8 Å². The van der Waals surface area contributed by atoms with Crippen LogP contribution in [0.3, 0.4) is 0 Å². The van der Waals surface area contributed by atoms with Gasteiger partial charge in [0.15, 0.2) is 10.8 Å². The largest absolute Gasteiger partial charge is 0.326 e. The minimum absolute atomic E-state index is 0.151. The fraction of sp³-hybridized carbons (Fsp3) is 0.182. The van der Waals surface area contributed by atoms with Gasteiger partial charge < -0.3 is 5.32 Å². The summed E-state index contributed by atoms with van der Waals surface area (Å²) in [6.45, 7) is 1.93. The summed E-state index contributed by atoms with van der Waals surface area (Å²) in [5, 5.41) is 8.11. The maximum Gasteiger partial charge on any atom is 0.265 e. The third-order valence-electron chi connectivity index (χ3n) is 5.28. The van der Waals surface area contributed by atoms with E-state index in [9.17, 15) is 14.0 Å². The zero-order valence-corrected chi connectivity index (χ0v) is 17.4. The summed E-state index contributed by atoms with van der Waals surface area (Å²) in [5.74, 6) is 0.0817. The predicted molar refractivity (Wildman–Crippen MR) is 117 cm³/mol. The maximum atomic E-state index is 13.3. The molecule has 4 aromatic rings. The van der Waals surface area contributed by atoms with Gasteiger partial charge in [0.25, 0.3) is 5.56 Å². The molecule has 1 aliphatic heterocycles. The Kier molecular flexibility index (Phi) is 4.82. The lowest BCUT2D eigenvalue weighted by Gasteiger charge is -2.14. The Bertz CT molecular complexity index is 1360. The SMILES string of the molecule is Cc1ccccc1NC(=O)CC1CSc2nc3c(cnn3-c3ccc(F)cc3)c(=O)n21. The van der Waals surface area contributed by atoms with Crippen LogP contribution in [0.2, 0.25) is 0 Å². The number of nitrogens with zero attached hydrogens (tertiary/aromatic N) is 4.